The molecule has 0 spiro atoms. The summed E-state index contributed by atoms with van der Waals surface area (Å²) in [5.41, 5.74) is 7.80. The number of nitrogens with two attached hydrogens (primary N) is 1. The summed E-state index contributed by atoms with van der Waals surface area (Å²) in [5.74, 6) is -0.670. The van der Waals surface area contributed by atoms with Crippen molar-refractivity contribution in [2.24, 2.45) is 11.7 Å². The molecular weight excluding hydrogens is 635 g/mol. The molecule has 4 bridgehead atoms. The number of rotatable bonds is 8. The lowest BCUT2D eigenvalue weighted by Crippen LogP contribution is -2.45. The van der Waals surface area contributed by atoms with E-state index in [1.807, 2.05) is 30.3 Å². The van der Waals surface area contributed by atoms with Gasteiger partial charge in [-0.05, 0) is 43.6 Å². The fourth-order valence-electron chi connectivity index (χ4n) is 5.45. The SMILES string of the molecule is CCCC[C@H](N)C(=O)N1CCCNC(=O)c2csc(n2)[C@H](Cc2ccccc2)NC(=O)c2csc(n2)[C@H](CC(C)C)NC(=O)CCC1. The molecule has 3 atom stereocenters. The Morgan fingerprint density at radius 2 is 1.62 bits per heavy atom. The summed E-state index contributed by atoms with van der Waals surface area (Å²) in [6, 6.07) is 8.35. The number of amides is 4. The highest BCUT2D eigenvalue weighted by molar-refractivity contribution is 7.10. The van der Waals surface area contributed by atoms with Gasteiger partial charge in [-0.25, -0.2) is 9.97 Å². The van der Waals surface area contributed by atoms with Gasteiger partial charge in [-0.3, -0.25) is 19.2 Å². The number of nitrogens with one attached hydrogen (secondary N) is 3. The summed E-state index contributed by atoms with van der Waals surface area (Å²) < 4.78 is 0. The first-order chi connectivity index (χ1) is 22.6. The van der Waals surface area contributed by atoms with E-state index >= 15 is 0 Å². The van der Waals surface area contributed by atoms with Crippen molar-refractivity contribution in [2.75, 3.05) is 19.6 Å². The van der Waals surface area contributed by atoms with E-state index in [4.69, 9.17) is 5.73 Å². The fraction of sp³-hybridized carbons (Fsp3) is 0.529. The summed E-state index contributed by atoms with van der Waals surface area (Å²) in [5, 5.41) is 13.8. The molecule has 0 unspecified atom stereocenters. The lowest BCUT2D eigenvalue weighted by molar-refractivity contribution is -0.133. The Hall–Kier alpha value is -3.68. The highest BCUT2D eigenvalue weighted by Crippen LogP contribution is 2.27. The number of carbonyl (C=O) groups excluding carboxylic acids is 4. The fourth-order valence-corrected chi connectivity index (χ4v) is 7.16. The molecule has 13 heteroatoms. The molecule has 1 aromatic carbocycles. The molecule has 4 rings (SSSR count). The molecule has 0 saturated heterocycles. The summed E-state index contributed by atoms with van der Waals surface area (Å²) in [4.78, 5) is 64.0. The van der Waals surface area contributed by atoms with Crippen LogP contribution in [-0.4, -0.2) is 64.2 Å². The van der Waals surface area contributed by atoms with Gasteiger partial charge in [0.05, 0.1) is 18.1 Å². The Kier molecular flexibility index (Phi) is 13.9. The molecule has 0 fully saturated rings. The first-order valence-corrected chi connectivity index (χ1v) is 18.3. The van der Waals surface area contributed by atoms with Crippen LogP contribution in [0.4, 0.5) is 0 Å². The quantitative estimate of drug-likeness (QED) is 0.266. The van der Waals surface area contributed by atoms with Gasteiger partial charge in [-0.15, -0.1) is 22.7 Å². The Bertz CT molecular complexity index is 1480. The van der Waals surface area contributed by atoms with E-state index in [9.17, 15) is 19.2 Å². The van der Waals surface area contributed by atoms with E-state index in [2.05, 4.69) is 46.7 Å². The van der Waals surface area contributed by atoms with Gasteiger partial charge in [0, 0.05) is 36.8 Å². The molecular formula is C34H47N7O4S2. The van der Waals surface area contributed by atoms with Crippen molar-refractivity contribution in [3.8, 4) is 0 Å². The Labute approximate surface area is 285 Å². The number of benzene rings is 1. The second-order valence-electron chi connectivity index (χ2n) is 12.4. The maximum absolute atomic E-state index is 13.5. The smallest absolute Gasteiger partial charge is 0.271 e. The summed E-state index contributed by atoms with van der Waals surface area (Å²) in [6.45, 7) is 7.35. The Morgan fingerprint density at radius 3 is 2.30 bits per heavy atom. The number of fused-ring (bicyclic) bond motifs is 4. The normalized spacial score (nSPS) is 19.3. The minimum absolute atomic E-state index is 0.137. The first-order valence-electron chi connectivity index (χ1n) is 16.5. The third kappa shape index (κ3) is 10.9. The van der Waals surface area contributed by atoms with E-state index in [-0.39, 0.29) is 53.4 Å². The lowest BCUT2D eigenvalue weighted by Gasteiger charge is -2.26. The monoisotopic (exact) mass is 681 g/mol. The number of hydrogen-bond acceptors (Lipinski definition) is 9. The Morgan fingerprint density at radius 1 is 0.957 bits per heavy atom. The zero-order valence-electron chi connectivity index (χ0n) is 27.5. The second kappa shape index (κ2) is 18.0. The van der Waals surface area contributed by atoms with Crippen LogP contribution in [0.2, 0.25) is 0 Å². The van der Waals surface area contributed by atoms with Crippen molar-refractivity contribution < 1.29 is 19.2 Å². The summed E-state index contributed by atoms with van der Waals surface area (Å²) in [7, 11) is 0. The van der Waals surface area contributed by atoms with Gasteiger partial charge in [0.15, 0.2) is 0 Å². The van der Waals surface area contributed by atoms with Crippen LogP contribution in [-0.2, 0) is 16.0 Å². The maximum atomic E-state index is 13.5. The van der Waals surface area contributed by atoms with Crippen molar-refractivity contribution in [2.45, 2.75) is 90.3 Å². The first kappa shape index (κ1) is 36.2. The van der Waals surface area contributed by atoms with Crippen molar-refractivity contribution in [3.63, 3.8) is 0 Å². The molecule has 3 heterocycles. The molecule has 1 aliphatic heterocycles. The average molecular weight is 682 g/mol. The topological polar surface area (TPSA) is 159 Å². The molecule has 0 aliphatic carbocycles. The molecule has 5 N–H and O–H groups in total. The minimum Gasteiger partial charge on any atom is -0.351 e. The largest absolute Gasteiger partial charge is 0.351 e. The second-order valence-corrected chi connectivity index (χ2v) is 14.2. The van der Waals surface area contributed by atoms with Gasteiger partial charge >= 0.3 is 0 Å². The highest BCUT2D eigenvalue weighted by Gasteiger charge is 2.26. The third-order valence-corrected chi connectivity index (χ3v) is 9.87. The van der Waals surface area contributed by atoms with Gasteiger partial charge < -0.3 is 26.6 Å². The number of carbonyl (C=O) groups is 4. The number of nitrogens with zero attached hydrogens (tertiary/aromatic N) is 3. The van der Waals surface area contributed by atoms with Crippen molar-refractivity contribution >= 4 is 46.3 Å². The molecule has 11 nitrogen and oxygen atoms in total. The van der Waals surface area contributed by atoms with E-state index in [1.54, 1.807) is 15.7 Å². The van der Waals surface area contributed by atoms with Crippen LogP contribution in [0.5, 0.6) is 0 Å². The van der Waals surface area contributed by atoms with Crippen LogP contribution >= 0.6 is 22.7 Å². The molecule has 0 saturated carbocycles. The summed E-state index contributed by atoms with van der Waals surface area (Å²) >= 11 is 2.66. The number of hydrogen-bond donors (Lipinski definition) is 4. The molecule has 254 valence electrons. The third-order valence-electron chi connectivity index (χ3n) is 7.96. The highest BCUT2D eigenvalue weighted by atomic mass is 32.1. The van der Waals surface area contributed by atoms with Gasteiger partial charge in [-0.1, -0.05) is 63.9 Å². The number of unbranched alkanes of at least 4 members (excludes halogenated alkanes) is 1. The van der Waals surface area contributed by atoms with Gasteiger partial charge in [0.1, 0.15) is 21.4 Å². The number of aromatic nitrogens is 2. The molecule has 0 radical (unpaired) electrons. The van der Waals surface area contributed by atoms with Crippen molar-refractivity contribution in [3.05, 3.63) is 68.1 Å². The van der Waals surface area contributed by atoms with Crippen LogP contribution in [0.1, 0.15) is 114 Å². The van der Waals surface area contributed by atoms with Gasteiger partial charge in [0.2, 0.25) is 11.8 Å². The van der Waals surface area contributed by atoms with Crippen LogP contribution < -0.4 is 21.7 Å². The molecule has 1 aliphatic rings. The maximum Gasteiger partial charge on any atom is 0.271 e. The van der Waals surface area contributed by atoms with Crippen LogP contribution in [0.25, 0.3) is 0 Å². The van der Waals surface area contributed by atoms with Crippen molar-refractivity contribution in [1.82, 2.24) is 30.8 Å². The molecule has 4 amide bonds. The average Bonchev–Trinajstić information content (AvgIpc) is 3.75. The predicted molar refractivity (Wildman–Crippen MR) is 185 cm³/mol. The number of thiazole rings is 2. The Balaban J connectivity index is 1.60. The molecule has 47 heavy (non-hydrogen) atoms. The predicted octanol–water partition coefficient (Wildman–Crippen LogP) is 4.78. The van der Waals surface area contributed by atoms with Gasteiger partial charge in [-0.2, -0.15) is 0 Å². The zero-order valence-corrected chi connectivity index (χ0v) is 29.1. The minimum atomic E-state index is -0.601. The standard InChI is InChI=1S/C34H47N7O4S2/c1-4-5-13-24(35)34(45)41-16-9-14-29(42)37-25(18-22(2)3)32-40-28(21-47-32)31(44)38-26(19-23-11-7-6-8-12-23)33-39-27(20-46-33)30(43)36-15-10-17-41/h6-8,11-12,20-22,24-26H,4-5,9-10,13-19,35H2,1-3H3,(H,36,43)(H,37,42)(H,38,44)/t24-,25-,26-/m0/s1. The lowest BCUT2D eigenvalue weighted by atomic mass is 10.0. The van der Waals surface area contributed by atoms with Gasteiger partial charge in [0.25, 0.3) is 11.8 Å². The van der Waals surface area contributed by atoms with Crippen LogP contribution in [0.3, 0.4) is 0 Å². The molecule has 2 aromatic heterocycles. The van der Waals surface area contributed by atoms with E-state index in [1.165, 1.54) is 22.7 Å². The van der Waals surface area contributed by atoms with E-state index < -0.39 is 12.1 Å². The molecule has 3 aromatic rings. The summed E-state index contributed by atoms with van der Waals surface area (Å²) in [6.07, 6.45) is 4.77. The van der Waals surface area contributed by atoms with E-state index in [0.29, 0.717) is 61.8 Å². The van der Waals surface area contributed by atoms with Crippen LogP contribution in [0, 0.1) is 5.92 Å². The van der Waals surface area contributed by atoms with Crippen LogP contribution in [0.15, 0.2) is 41.1 Å². The van der Waals surface area contributed by atoms with Crippen molar-refractivity contribution in [1.29, 1.82) is 0 Å². The zero-order chi connectivity index (χ0) is 33.8. The van der Waals surface area contributed by atoms with E-state index in [0.717, 1.165) is 18.4 Å².